The highest BCUT2D eigenvalue weighted by Gasteiger charge is 2.21. The number of allylic oxidation sites excluding steroid dienone is 20. The Balaban J connectivity index is 1.66. The lowest BCUT2D eigenvalue weighted by Crippen LogP contribution is -2.11. The fourth-order valence-corrected chi connectivity index (χ4v) is 5.59. The van der Waals surface area contributed by atoms with E-state index in [1.54, 1.807) is 6.08 Å². The van der Waals surface area contributed by atoms with Crippen molar-refractivity contribution in [3.05, 3.63) is 211 Å². The highest BCUT2D eigenvalue weighted by molar-refractivity contribution is 6.34. The third-order valence-electron chi connectivity index (χ3n) is 7.95. The highest BCUT2D eigenvalue weighted by Crippen LogP contribution is 2.33. The van der Waals surface area contributed by atoms with Gasteiger partial charge in [0.1, 0.15) is 0 Å². The standard InChI is InChI=1S/C45H43N3/c1-3-5-6-10-18-27-40(4-2)48-45(38-24-14-11-8-7-9-12-15-25-38)44(37-22-16-13-17-23-37)42-29-20-19-26-39(42)35-41-28-21-30-43(47-41)36-31-33-46-34-32-36/h3-9,11,13,15-22,24-34H,1,10,12,14,23,35H2,2H3/b6-5-,9-7-,11-8-,25-15?,27-18-,38-24?,40-4+,44-37+,48-45+. The maximum atomic E-state index is 5.46. The molecule has 5 rings (SSSR count). The second kappa shape index (κ2) is 18.5. The normalized spacial score (nSPS) is 17.8. The summed E-state index contributed by atoms with van der Waals surface area (Å²) in [6, 6.07) is 19.0. The van der Waals surface area contributed by atoms with E-state index in [1.165, 1.54) is 11.1 Å². The first kappa shape index (κ1) is 33.7. The smallest absolute Gasteiger partial charge is 0.0787 e. The lowest BCUT2D eigenvalue weighted by molar-refractivity contribution is 1.07. The molecular weight excluding hydrogens is 583 g/mol. The maximum Gasteiger partial charge on any atom is 0.0787 e. The topological polar surface area (TPSA) is 38.1 Å². The van der Waals surface area contributed by atoms with Crippen molar-refractivity contribution in [2.45, 2.75) is 39.0 Å². The van der Waals surface area contributed by atoms with E-state index in [-0.39, 0.29) is 0 Å². The molecule has 2 aromatic heterocycles. The van der Waals surface area contributed by atoms with E-state index in [1.807, 2.05) is 30.6 Å². The van der Waals surface area contributed by atoms with Crippen molar-refractivity contribution in [2.75, 3.05) is 0 Å². The second-order valence-corrected chi connectivity index (χ2v) is 11.3. The Morgan fingerprint density at radius 2 is 1.69 bits per heavy atom. The SMILES string of the molecule is C=C/C=C\C\C=C/C(=C\C)/N=C(C1=CC/C=C\C=C/CC=C1)/C(=C1\C=CC=CC1)c1ccccc1Cc1cccc(-c2ccncc2)n1. The zero-order chi connectivity index (χ0) is 33.2. The summed E-state index contributed by atoms with van der Waals surface area (Å²) in [6.45, 7) is 5.84. The molecule has 3 aromatic rings. The quantitative estimate of drug-likeness (QED) is 0.157. The summed E-state index contributed by atoms with van der Waals surface area (Å²) in [5.41, 5.74) is 10.7. The van der Waals surface area contributed by atoms with Crippen LogP contribution in [0.2, 0.25) is 0 Å². The van der Waals surface area contributed by atoms with E-state index in [0.29, 0.717) is 6.42 Å². The molecule has 0 radical (unpaired) electrons. The Kier molecular flexibility index (Phi) is 13.0. The number of rotatable bonds is 11. The van der Waals surface area contributed by atoms with Crippen molar-refractivity contribution in [1.29, 1.82) is 0 Å². The summed E-state index contributed by atoms with van der Waals surface area (Å²) >= 11 is 0. The Morgan fingerprint density at radius 1 is 0.854 bits per heavy atom. The van der Waals surface area contributed by atoms with Crippen LogP contribution in [0.4, 0.5) is 0 Å². The van der Waals surface area contributed by atoms with Crippen LogP contribution in [0.3, 0.4) is 0 Å². The monoisotopic (exact) mass is 625 g/mol. The van der Waals surface area contributed by atoms with Gasteiger partial charge in [0.05, 0.1) is 17.1 Å². The van der Waals surface area contributed by atoms with Gasteiger partial charge in [-0.3, -0.25) is 9.97 Å². The number of hydrogen-bond donors (Lipinski definition) is 0. The molecule has 0 spiro atoms. The van der Waals surface area contributed by atoms with Gasteiger partial charge in [0, 0.05) is 35.6 Å². The van der Waals surface area contributed by atoms with Gasteiger partial charge in [0.15, 0.2) is 0 Å². The molecule has 0 atom stereocenters. The van der Waals surface area contributed by atoms with Crippen LogP contribution in [-0.4, -0.2) is 15.7 Å². The van der Waals surface area contributed by atoms with E-state index >= 15 is 0 Å². The minimum atomic E-state index is 0.688. The van der Waals surface area contributed by atoms with Crippen LogP contribution < -0.4 is 0 Å². The zero-order valence-corrected chi connectivity index (χ0v) is 27.8. The van der Waals surface area contributed by atoms with Gasteiger partial charge >= 0.3 is 0 Å². The van der Waals surface area contributed by atoms with Crippen molar-refractivity contribution in [3.63, 3.8) is 0 Å². The van der Waals surface area contributed by atoms with E-state index in [9.17, 15) is 0 Å². The fraction of sp³-hybridized carbons (Fsp3) is 0.133. The number of benzene rings is 1. The number of pyridine rings is 2. The molecule has 0 aliphatic heterocycles. The summed E-state index contributed by atoms with van der Waals surface area (Å²) in [6.07, 6.45) is 43.9. The van der Waals surface area contributed by atoms with Gasteiger partial charge in [-0.1, -0.05) is 134 Å². The largest absolute Gasteiger partial charge is 0.265 e. The van der Waals surface area contributed by atoms with Crippen LogP contribution in [0.5, 0.6) is 0 Å². The Labute approximate surface area is 286 Å². The molecule has 2 aliphatic rings. The van der Waals surface area contributed by atoms with Crippen LogP contribution in [0.25, 0.3) is 16.8 Å². The van der Waals surface area contributed by atoms with Gasteiger partial charge < -0.3 is 0 Å². The second-order valence-electron chi connectivity index (χ2n) is 11.3. The van der Waals surface area contributed by atoms with E-state index in [0.717, 1.165) is 70.8 Å². The van der Waals surface area contributed by atoms with Crippen LogP contribution in [-0.2, 0) is 6.42 Å². The van der Waals surface area contributed by atoms with Gasteiger partial charge in [0.25, 0.3) is 0 Å². The predicted molar refractivity (Wildman–Crippen MR) is 206 cm³/mol. The van der Waals surface area contributed by atoms with Crippen LogP contribution in [0, 0.1) is 0 Å². The third kappa shape index (κ3) is 9.67. The molecule has 3 heteroatoms. The summed E-state index contributed by atoms with van der Waals surface area (Å²) in [5.74, 6) is 0. The van der Waals surface area contributed by atoms with Crippen LogP contribution >= 0.6 is 0 Å². The van der Waals surface area contributed by atoms with Gasteiger partial charge in [-0.05, 0) is 85.2 Å². The number of nitrogens with zero attached hydrogens (tertiary/aromatic N) is 3. The van der Waals surface area contributed by atoms with Crippen molar-refractivity contribution in [3.8, 4) is 11.3 Å². The Bertz CT molecular complexity index is 1900. The zero-order valence-electron chi connectivity index (χ0n) is 27.8. The van der Waals surface area contributed by atoms with Crippen LogP contribution in [0.15, 0.2) is 199 Å². The van der Waals surface area contributed by atoms with Crippen LogP contribution in [0.1, 0.15) is 49.4 Å². The lowest BCUT2D eigenvalue weighted by atomic mass is 9.85. The predicted octanol–water partition coefficient (Wildman–Crippen LogP) is 11.4. The number of aliphatic imine (C=N–C) groups is 1. The fourth-order valence-electron chi connectivity index (χ4n) is 5.59. The van der Waals surface area contributed by atoms with Crippen molar-refractivity contribution >= 4 is 11.3 Å². The molecule has 238 valence electrons. The van der Waals surface area contributed by atoms with E-state index < -0.39 is 0 Å². The third-order valence-corrected chi connectivity index (χ3v) is 7.95. The molecule has 0 saturated carbocycles. The molecule has 0 N–H and O–H groups in total. The van der Waals surface area contributed by atoms with Gasteiger partial charge in [-0.15, -0.1) is 0 Å². The molecule has 1 aromatic carbocycles. The first-order valence-electron chi connectivity index (χ1n) is 16.7. The molecule has 0 fully saturated rings. The summed E-state index contributed by atoms with van der Waals surface area (Å²) < 4.78 is 0. The molecule has 0 saturated heterocycles. The molecular formula is C45H43N3. The minimum absolute atomic E-state index is 0.688. The highest BCUT2D eigenvalue weighted by atomic mass is 14.8. The molecule has 2 heterocycles. The first-order chi connectivity index (χ1) is 23.8. The van der Waals surface area contributed by atoms with Crippen molar-refractivity contribution in [1.82, 2.24) is 9.97 Å². The average Bonchev–Trinajstić information content (AvgIpc) is 3.14. The molecule has 0 bridgehead atoms. The maximum absolute atomic E-state index is 5.46. The number of aromatic nitrogens is 2. The van der Waals surface area contributed by atoms with E-state index in [2.05, 4.69) is 152 Å². The number of hydrogen-bond acceptors (Lipinski definition) is 3. The lowest BCUT2D eigenvalue weighted by Gasteiger charge is -2.21. The van der Waals surface area contributed by atoms with Gasteiger partial charge in [-0.25, -0.2) is 4.99 Å². The first-order valence-corrected chi connectivity index (χ1v) is 16.7. The Hall–Kier alpha value is -5.67. The average molecular weight is 626 g/mol. The van der Waals surface area contributed by atoms with Crippen molar-refractivity contribution < 1.29 is 0 Å². The molecule has 3 nitrogen and oxygen atoms in total. The molecule has 0 amide bonds. The van der Waals surface area contributed by atoms with E-state index in [4.69, 9.17) is 9.98 Å². The summed E-state index contributed by atoms with van der Waals surface area (Å²) in [5, 5.41) is 0. The molecule has 0 unspecified atom stereocenters. The summed E-state index contributed by atoms with van der Waals surface area (Å²) in [7, 11) is 0. The van der Waals surface area contributed by atoms with Crippen molar-refractivity contribution in [2.24, 2.45) is 4.99 Å². The molecule has 2 aliphatic carbocycles. The Morgan fingerprint density at radius 3 is 2.50 bits per heavy atom. The van der Waals surface area contributed by atoms with Gasteiger partial charge in [0.2, 0.25) is 0 Å². The minimum Gasteiger partial charge on any atom is -0.265 e. The summed E-state index contributed by atoms with van der Waals surface area (Å²) in [4.78, 5) is 14.7. The van der Waals surface area contributed by atoms with Gasteiger partial charge in [-0.2, -0.15) is 0 Å². The molecule has 48 heavy (non-hydrogen) atoms.